The van der Waals surface area contributed by atoms with Crippen LogP contribution in [0, 0.1) is 5.92 Å². The van der Waals surface area contributed by atoms with Gasteiger partial charge in [0.05, 0.1) is 6.04 Å². The molecule has 1 unspecified atom stereocenters. The van der Waals surface area contributed by atoms with E-state index in [0.29, 0.717) is 13.0 Å². The van der Waals surface area contributed by atoms with Crippen LogP contribution in [0.2, 0.25) is 0 Å². The highest BCUT2D eigenvalue weighted by Crippen LogP contribution is 2.03. The molecule has 0 aromatic heterocycles. The van der Waals surface area contributed by atoms with Crippen LogP contribution >= 0.6 is 0 Å². The van der Waals surface area contributed by atoms with Gasteiger partial charge < -0.3 is 15.8 Å². The summed E-state index contributed by atoms with van der Waals surface area (Å²) < 4.78 is 5.50. The molecule has 0 rings (SSSR count). The Labute approximate surface area is 105 Å². The quantitative estimate of drug-likeness (QED) is 0.544. The van der Waals surface area contributed by atoms with Gasteiger partial charge in [0.2, 0.25) is 5.91 Å². The van der Waals surface area contributed by atoms with Crippen LogP contribution in [-0.2, 0) is 9.53 Å². The van der Waals surface area contributed by atoms with Crippen molar-refractivity contribution >= 4 is 5.91 Å². The zero-order valence-corrected chi connectivity index (χ0v) is 11.5. The molecule has 0 fully saturated rings. The number of nitrogens with one attached hydrogen (secondary N) is 1. The molecule has 1 amide bonds. The molecule has 0 heterocycles. The normalized spacial score (nSPS) is 12.9. The van der Waals surface area contributed by atoms with Crippen molar-refractivity contribution in [1.82, 2.24) is 5.32 Å². The molecule has 0 aromatic carbocycles. The smallest absolute Gasteiger partial charge is 0.234 e. The molecule has 4 nitrogen and oxygen atoms in total. The molecule has 1 atom stereocenters. The molecule has 0 saturated heterocycles. The summed E-state index contributed by atoms with van der Waals surface area (Å²) in [5.41, 5.74) is 5.30. The standard InChI is InChI=1S/C13H28N2O2/c1-4-8-15-12(13(14)16)7-10-17-9-5-6-11(2)3/h11-12,15H,4-10H2,1-3H3,(H2,14,16). The number of hydrogen-bond acceptors (Lipinski definition) is 3. The van der Waals surface area contributed by atoms with E-state index in [1.807, 2.05) is 0 Å². The number of carbonyl (C=O) groups is 1. The number of carbonyl (C=O) groups excluding carboxylic acids is 1. The lowest BCUT2D eigenvalue weighted by atomic mass is 10.1. The summed E-state index contributed by atoms with van der Waals surface area (Å²) in [7, 11) is 0. The van der Waals surface area contributed by atoms with E-state index in [9.17, 15) is 4.79 Å². The minimum Gasteiger partial charge on any atom is -0.381 e. The average Bonchev–Trinajstić information content (AvgIpc) is 2.26. The number of rotatable bonds is 11. The van der Waals surface area contributed by atoms with Crippen molar-refractivity contribution in [3.05, 3.63) is 0 Å². The van der Waals surface area contributed by atoms with Gasteiger partial charge in [0.1, 0.15) is 0 Å². The van der Waals surface area contributed by atoms with Crippen LogP contribution in [0.4, 0.5) is 0 Å². The number of hydrogen-bond donors (Lipinski definition) is 2. The van der Waals surface area contributed by atoms with Gasteiger partial charge in [0, 0.05) is 13.2 Å². The van der Waals surface area contributed by atoms with Crippen LogP contribution in [-0.4, -0.2) is 31.7 Å². The van der Waals surface area contributed by atoms with Crippen molar-refractivity contribution < 1.29 is 9.53 Å². The highest BCUT2D eigenvalue weighted by Gasteiger charge is 2.13. The van der Waals surface area contributed by atoms with Gasteiger partial charge in [-0.25, -0.2) is 0 Å². The van der Waals surface area contributed by atoms with Crippen LogP contribution in [0.3, 0.4) is 0 Å². The average molecular weight is 244 g/mol. The highest BCUT2D eigenvalue weighted by atomic mass is 16.5. The zero-order valence-electron chi connectivity index (χ0n) is 11.5. The Kier molecular flexibility index (Phi) is 10.2. The minimum absolute atomic E-state index is 0.250. The van der Waals surface area contributed by atoms with E-state index < -0.39 is 0 Å². The fraction of sp³-hybridized carbons (Fsp3) is 0.923. The van der Waals surface area contributed by atoms with Gasteiger partial charge >= 0.3 is 0 Å². The lowest BCUT2D eigenvalue weighted by molar-refractivity contribution is -0.120. The van der Waals surface area contributed by atoms with Gasteiger partial charge in [-0.2, -0.15) is 0 Å². The molecular weight excluding hydrogens is 216 g/mol. The van der Waals surface area contributed by atoms with Crippen LogP contribution in [0.1, 0.15) is 46.5 Å². The second-order valence-corrected chi connectivity index (χ2v) is 4.85. The molecule has 3 N–H and O–H groups in total. The Morgan fingerprint density at radius 3 is 2.53 bits per heavy atom. The van der Waals surface area contributed by atoms with Gasteiger partial charge in [-0.3, -0.25) is 4.79 Å². The first-order valence-electron chi connectivity index (χ1n) is 6.68. The third kappa shape index (κ3) is 10.3. The maximum Gasteiger partial charge on any atom is 0.234 e. The zero-order chi connectivity index (χ0) is 13.1. The molecule has 102 valence electrons. The van der Waals surface area contributed by atoms with Crippen molar-refractivity contribution in [3.63, 3.8) is 0 Å². The van der Waals surface area contributed by atoms with Crippen molar-refractivity contribution in [2.45, 2.75) is 52.5 Å². The summed E-state index contributed by atoms with van der Waals surface area (Å²) in [6.07, 6.45) is 3.94. The van der Waals surface area contributed by atoms with Gasteiger partial charge in [0.25, 0.3) is 0 Å². The molecular formula is C13H28N2O2. The minimum atomic E-state index is -0.288. The van der Waals surface area contributed by atoms with Crippen molar-refractivity contribution in [3.8, 4) is 0 Å². The summed E-state index contributed by atoms with van der Waals surface area (Å²) >= 11 is 0. The van der Waals surface area contributed by atoms with Crippen LogP contribution in [0.15, 0.2) is 0 Å². The Morgan fingerprint density at radius 2 is 2.00 bits per heavy atom. The Morgan fingerprint density at radius 1 is 1.29 bits per heavy atom. The largest absolute Gasteiger partial charge is 0.381 e. The first kappa shape index (κ1) is 16.4. The van der Waals surface area contributed by atoms with E-state index in [2.05, 4.69) is 26.1 Å². The van der Waals surface area contributed by atoms with E-state index in [0.717, 1.165) is 31.9 Å². The lowest BCUT2D eigenvalue weighted by Crippen LogP contribution is -2.42. The molecule has 17 heavy (non-hydrogen) atoms. The first-order valence-corrected chi connectivity index (χ1v) is 6.68. The second kappa shape index (κ2) is 10.5. The number of ether oxygens (including phenoxy) is 1. The van der Waals surface area contributed by atoms with E-state index in [4.69, 9.17) is 10.5 Å². The molecule has 0 saturated carbocycles. The molecule has 4 heteroatoms. The lowest BCUT2D eigenvalue weighted by Gasteiger charge is -2.14. The van der Waals surface area contributed by atoms with Gasteiger partial charge in [-0.05, 0) is 38.1 Å². The SMILES string of the molecule is CCCNC(CCOCCCC(C)C)C(N)=O. The topological polar surface area (TPSA) is 64.3 Å². The summed E-state index contributed by atoms with van der Waals surface area (Å²) in [5.74, 6) is 0.437. The van der Waals surface area contributed by atoms with Crippen LogP contribution in [0.25, 0.3) is 0 Å². The number of nitrogens with two attached hydrogens (primary N) is 1. The first-order chi connectivity index (χ1) is 8.07. The number of amides is 1. The molecule has 0 aliphatic carbocycles. The molecule has 0 aliphatic heterocycles. The Balaban J connectivity index is 3.51. The fourth-order valence-electron chi connectivity index (χ4n) is 1.56. The maximum absolute atomic E-state index is 11.1. The molecule has 0 aromatic rings. The Bertz CT molecular complexity index is 196. The third-order valence-corrected chi connectivity index (χ3v) is 2.61. The van der Waals surface area contributed by atoms with Gasteiger partial charge in [-0.1, -0.05) is 20.8 Å². The van der Waals surface area contributed by atoms with E-state index >= 15 is 0 Å². The van der Waals surface area contributed by atoms with E-state index in [-0.39, 0.29) is 11.9 Å². The van der Waals surface area contributed by atoms with Crippen molar-refractivity contribution in [2.75, 3.05) is 19.8 Å². The van der Waals surface area contributed by atoms with Gasteiger partial charge in [0.15, 0.2) is 0 Å². The van der Waals surface area contributed by atoms with Crippen molar-refractivity contribution in [1.29, 1.82) is 0 Å². The summed E-state index contributed by atoms with van der Waals surface area (Å²) in [6.45, 7) is 8.67. The van der Waals surface area contributed by atoms with Gasteiger partial charge in [-0.15, -0.1) is 0 Å². The highest BCUT2D eigenvalue weighted by molar-refractivity contribution is 5.79. The third-order valence-electron chi connectivity index (χ3n) is 2.61. The predicted octanol–water partition coefficient (Wildman–Crippen LogP) is 1.68. The second-order valence-electron chi connectivity index (χ2n) is 4.85. The van der Waals surface area contributed by atoms with E-state index in [1.165, 1.54) is 6.42 Å². The Hall–Kier alpha value is -0.610. The number of primary amides is 1. The monoisotopic (exact) mass is 244 g/mol. The van der Waals surface area contributed by atoms with Crippen LogP contribution < -0.4 is 11.1 Å². The predicted molar refractivity (Wildman–Crippen MR) is 70.8 cm³/mol. The fourth-order valence-corrected chi connectivity index (χ4v) is 1.56. The maximum atomic E-state index is 11.1. The molecule has 0 aliphatic rings. The van der Waals surface area contributed by atoms with E-state index in [1.54, 1.807) is 0 Å². The van der Waals surface area contributed by atoms with Crippen LogP contribution in [0.5, 0.6) is 0 Å². The summed E-state index contributed by atoms with van der Waals surface area (Å²) in [6, 6.07) is -0.250. The van der Waals surface area contributed by atoms with Crippen molar-refractivity contribution in [2.24, 2.45) is 11.7 Å². The molecule has 0 spiro atoms. The summed E-state index contributed by atoms with van der Waals surface area (Å²) in [4.78, 5) is 11.1. The molecule has 0 radical (unpaired) electrons. The molecule has 0 bridgehead atoms. The summed E-state index contributed by atoms with van der Waals surface area (Å²) in [5, 5.41) is 3.12.